The van der Waals surface area contributed by atoms with Gasteiger partial charge >= 0.3 is 0 Å². The monoisotopic (exact) mass is 298 g/mol. The standard InChI is InChI=1S/C14H22N2O3S/c1-9(2)6-10(7-17)15-13(18)11-8-20-14(16-11)12-4-3-5-19-12/h8-10,12,17H,3-7H2,1-2H3,(H,15,18)/t10-,12-/m0/s1. The van der Waals surface area contributed by atoms with E-state index >= 15 is 0 Å². The van der Waals surface area contributed by atoms with Crippen LogP contribution in [-0.4, -0.2) is 35.3 Å². The first-order valence-electron chi connectivity index (χ1n) is 7.09. The number of hydrogen-bond acceptors (Lipinski definition) is 5. The van der Waals surface area contributed by atoms with E-state index in [0.29, 0.717) is 11.6 Å². The SMILES string of the molecule is CC(C)C[C@@H](CO)NC(=O)c1csc([C@@H]2CCCO2)n1. The van der Waals surface area contributed by atoms with Crippen molar-refractivity contribution in [3.8, 4) is 0 Å². The van der Waals surface area contributed by atoms with Gasteiger partial charge in [0.15, 0.2) is 0 Å². The normalized spacial score (nSPS) is 20.3. The summed E-state index contributed by atoms with van der Waals surface area (Å²) in [5.74, 6) is 0.204. The van der Waals surface area contributed by atoms with Gasteiger partial charge in [0, 0.05) is 12.0 Å². The van der Waals surface area contributed by atoms with E-state index in [4.69, 9.17) is 4.74 Å². The number of aliphatic hydroxyl groups is 1. The van der Waals surface area contributed by atoms with Crippen LogP contribution in [0.1, 0.15) is 54.7 Å². The van der Waals surface area contributed by atoms with Crippen LogP contribution in [0.3, 0.4) is 0 Å². The van der Waals surface area contributed by atoms with E-state index in [0.717, 1.165) is 30.9 Å². The Bertz CT molecular complexity index is 441. The molecule has 0 aliphatic carbocycles. The van der Waals surface area contributed by atoms with E-state index in [1.165, 1.54) is 11.3 Å². The molecule has 1 aliphatic heterocycles. The minimum atomic E-state index is -0.217. The summed E-state index contributed by atoms with van der Waals surface area (Å²) in [4.78, 5) is 16.5. The lowest BCUT2D eigenvalue weighted by Gasteiger charge is -2.17. The highest BCUT2D eigenvalue weighted by atomic mass is 32.1. The Kier molecular flexibility index (Phi) is 5.51. The Hall–Kier alpha value is -0.980. The van der Waals surface area contributed by atoms with E-state index in [2.05, 4.69) is 24.1 Å². The van der Waals surface area contributed by atoms with E-state index in [1.807, 2.05) is 0 Å². The summed E-state index contributed by atoms with van der Waals surface area (Å²) in [6, 6.07) is -0.213. The third kappa shape index (κ3) is 4.01. The number of hydrogen-bond donors (Lipinski definition) is 2. The van der Waals surface area contributed by atoms with Gasteiger partial charge in [-0.1, -0.05) is 13.8 Å². The third-order valence-electron chi connectivity index (χ3n) is 3.27. The van der Waals surface area contributed by atoms with E-state index in [9.17, 15) is 9.90 Å². The van der Waals surface area contributed by atoms with Gasteiger partial charge in [0.25, 0.3) is 5.91 Å². The lowest BCUT2D eigenvalue weighted by Crippen LogP contribution is -2.38. The summed E-state index contributed by atoms with van der Waals surface area (Å²) in [6.45, 7) is 4.85. The molecule has 0 saturated carbocycles. The van der Waals surface area contributed by atoms with Crippen molar-refractivity contribution < 1.29 is 14.6 Å². The zero-order valence-electron chi connectivity index (χ0n) is 12.0. The van der Waals surface area contributed by atoms with Crippen molar-refractivity contribution in [3.05, 3.63) is 16.1 Å². The number of carbonyl (C=O) groups is 1. The van der Waals surface area contributed by atoms with Crippen molar-refractivity contribution in [2.45, 2.75) is 45.3 Å². The smallest absolute Gasteiger partial charge is 0.271 e. The number of carbonyl (C=O) groups excluding carboxylic acids is 1. The second kappa shape index (κ2) is 7.15. The number of aliphatic hydroxyl groups excluding tert-OH is 1. The Morgan fingerprint density at radius 1 is 1.65 bits per heavy atom. The Labute approximate surface area is 123 Å². The molecule has 1 aromatic rings. The maximum absolute atomic E-state index is 12.1. The van der Waals surface area contributed by atoms with Crippen molar-refractivity contribution in [2.75, 3.05) is 13.2 Å². The average Bonchev–Trinajstić information content (AvgIpc) is 3.07. The Morgan fingerprint density at radius 2 is 2.45 bits per heavy atom. The van der Waals surface area contributed by atoms with Gasteiger partial charge in [-0.25, -0.2) is 4.98 Å². The van der Waals surface area contributed by atoms with Crippen LogP contribution in [0.15, 0.2) is 5.38 Å². The molecule has 2 heterocycles. The number of aromatic nitrogens is 1. The van der Waals surface area contributed by atoms with Gasteiger partial charge in [-0.2, -0.15) is 0 Å². The fourth-order valence-corrected chi connectivity index (χ4v) is 3.20. The summed E-state index contributed by atoms with van der Waals surface area (Å²) in [5, 5.41) is 14.8. The van der Waals surface area contributed by atoms with Gasteiger partial charge in [0.1, 0.15) is 16.8 Å². The molecular formula is C14H22N2O3S. The van der Waals surface area contributed by atoms with Gasteiger partial charge in [-0.3, -0.25) is 4.79 Å². The molecule has 0 radical (unpaired) electrons. The number of amides is 1. The van der Waals surface area contributed by atoms with E-state index in [-0.39, 0.29) is 24.7 Å². The van der Waals surface area contributed by atoms with Gasteiger partial charge < -0.3 is 15.2 Å². The summed E-state index contributed by atoms with van der Waals surface area (Å²) < 4.78 is 5.56. The fourth-order valence-electron chi connectivity index (χ4n) is 2.32. The Morgan fingerprint density at radius 3 is 3.05 bits per heavy atom. The number of rotatable bonds is 6. The molecule has 6 heteroatoms. The highest BCUT2D eigenvalue weighted by Crippen LogP contribution is 2.30. The minimum Gasteiger partial charge on any atom is -0.394 e. The van der Waals surface area contributed by atoms with Crippen molar-refractivity contribution in [3.63, 3.8) is 0 Å². The first kappa shape index (κ1) is 15.4. The summed E-state index contributed by atoms with van der Waals surface area (Å²) in [5.41, 5.74) is 0.419. The minimum absolute atomic E-state index is 0.0471. The third-order valence-corrected chi connectivity index (χ3v) is 4.21. The molecule has 5 nitrogen and oxygen atoms in total. The Balaban J connectivity index is 1.94. The highest BCUT2D eigenvalue weighted by molar-refractivity contribution is 7.09. The van der Waals surface area contributed by atoms with Crippen LogP contribution in [0.25, 0.3) is 0 Å². The van der Waals surface area contributed by atoms with Gasteiger partial charge in [0.2, 0.25) is 0 Å². The molecule has 112 valence electrons. The molecule has 1 fully saturated rings. The predicted molar refractivity (Wildman–Crippen MR) is 77.8 cm³/mol. The topological polar surface area (TPSA) is 71.5 Å². The van der Waals surface area contributed by atoms with Crippen molar-refractivity contribution in [1.82, 2.24) is 10.3 Å². The quantitative estimate of drug-likeness (QED) is 0.844. The van der Waals surface area contributed by atoms with Crippen LogP contribution < -0.4 is 5.32 Å². The van der Waals surface area contributed by atoms with Crippen LogP contribution in [-0.2, 0) is 4.74 Å². The molecule has 1 aliphatic rings. The first-order chi connectivity index (χ1) is 9.60. The van der Waals surface area contributed by atoms with Gasteiger partial charge in [-0.05, 0) is 25.2 Å². The first-order valence-corrected chi connectivity index (χ1v) is 7.97. The van der Waals surface area contributed by atoms with Crippen LogP contribution >= 0.6 is 11.3 Å². The van der Waals surface area contributed by atoms with E-state index < -0.39 is 0 Å². The second-order valence-electron chi connectivity index (χ2n) is 5.56. The molecule has 0 spiro atoms. The summed E-state index contributed by atoms with van der Waals surface area (Å²) in [7, 11) is 0. The number of nitrogens with one attached hydrogen (secondary N) is 1. The molecule has 0 bridgehead atoms. The van der Waals surface area contributed by atoms with Crippen LogP contribution in [0.2, 0.25) is 0 Å². The lowest BCUT2D eigenvalue weighted by atomic mass is 10.0. The molecule has 0 aromatic carbocycles. The fraction of sp³-hybridized carbons (Fsp3) is 0.714. The van der Waals surface area contributed by atoms with Gasteiger partial charge in [0.05, 0.1) is 12.6 Å². The van der Waals surface area contributed by atoms with Crippen molar-refractivity contribution in [1.29, 1.82) is 0 Å². The van der Waals surface area contributed by atoms with Gasteiger partial charge in [-0.15, -0.1) is 11.3 Å². The van der Waals surface area contributed by atoms with E-state index in [1.54, 1.807) is 5.38 Å². The number of nitrogens with zero attached hydrogens (tertiary/aromatic N) is 1. The molecule has 20 heavy (non-hydrogen) atoms. The van der Waals surface area contributed by atoms with Crippen molar-refractivity contribution >= 4 is 17.2 Å². The molecule has 2 N–H and O–H groups in total. The molecule has 2 rings (SSSR count). The number of thiazole rings is 1. The lowest BCUT2D eigenvalue weighted by molar-refractivity contribution is 0.0901. The molecule has 0 unspecified atom stereocenters. The molecule has 1 aromatic heterocycles. The zero-order chi connectivity index (χ0) is 14.5. The van der Waals surface area contributed by atoms with Crippen molar-refractivity contribution in [2.24, 2.45) is 5.92 Å². The van der Waals surface area contributed by atoms with Crippen LogP contribution in [0.5, 0.6) is 0 Å². The molecular weight excluding hydrogens is 276 g/mol. The maximum atomic E-state index is 12.1. The predicted octanol–water partition coefficient (Wildman–Crippen LogP) is 2.13. The van der Waals surface area contributed by atoms with Crippen LogP contribution in [0.4, 0.5) is 0 Å². The van der Waals surface area contributed by atoms with Crippen LogP contribution in [0, 0.1) is 5.92 Å². The molecule has 1 saturated heterocycles. The zero-order valence-corrected chi connectivity index (χ0v) is 12.8. The largest absolute Gasteiger partial charge is 0.394 e. The summed E-state index contributed by atoms with van der Waals surface area (Å²) >= 11 is 1.46. The molecule has 1 amide bonds. The highest BCUT2D eigenvalue weighted by Gasteiger charge is 2.23. The maximum Gasteiger partial charge on any atom is 0.271 e. The molecule has 2 atom stereocenters. The second-order valence-corrected chi connectivity index (χ2v) is 6.44. The number of ether oxygens (including phenoxy) is 1. The average molecular weight is 298 g/mol. The summed E-state index contributed by atoms with van der Waals surface area (Å²) in [6.07, 6.45) is 2.82.